The SMILES string of the molecule is O=C(Nc1csc(-c2ccncc2)n1)Nc1ncccc1O. The Morgan fingerprint density at radius 1 is 1.14 bits per heavy atom. The van der Waals surface area contributed by atoms with E-state index in [1.54, 1.807) is 23.8 Å². The number of pyridine rings is 2. The summed E-state index contributed by atoms with van der Waals surface area (Å²) in [7, 11) is 0. The van der Waals surface area contributed by atoms with Crippen molar-refractivity contribution in [2.24, 2.45) is 0 Å². The van der Waals surface area contributed by atoms with Gasteiger partial charge < -0.3 is 5.11 Å². The van der Waals surface area contributed by atoms with Crippen molar-refractivity contribution in [1.82, 2.24) is 15.0 Å². The summed E-state index contributed by atoms with van der Waals surface area (Å²) >= 11 is 1.41. The zero-order chi connectivity index (χ0) is 15.4. The number of hydrogen-bond donors (Lipinski definition) is 3. The first kappa shape index (κ1) is 14.0. The van der Waals surface area contributed by atoms with E-state index in [1.165, 1.54) is 23.6 Å². The summed E-state index contributed by atoms with van der Waals surface area (Å²) in [6, 6.07) is 6.16. The minimum Gasteiger partial charge on any atom is -0.504 e. The fraction of sp³-hybridized carbons (Fsp3) is 0. The van der Waals surface area contributed by atoms with Crippen LogP contribution in [0.2, 0.25) is 0 Å². The predicted octanol–water partition coefficient (Wildman–Crippen LogP) is 2.95. The monoisotopic (exact) mass is 313 g/mol. The number of rotatable bonds is 3. The molecule has 0 aliphatic heterocycles. The lowest BCUT2D eigenvalue weighted by molar-refractivity contribution is 0.262. The Morgan fingerprint density at radius 2 is 1.95 bits per heavy atom. The number of thiazole rings is 1. The van der Waals surface area contributed by atoms with Gasteiger partial charge in [-0.25, -0.2) is 14.8 Å². The van der Waals surface area contributed by atoms with E-state index < -0.39 is 6.03 Å². The number of aromatic hydroxyl groups is 1. The quantitative estimate of drug-likeness (QED) is 0.690. The Balaban J connectivity index is 1.68. The Bertz CT molecular complexity index is 791. The summed E-state index contributed by atoms with van der Waals surface area (Å²) in [5, 5.41) is 17.1. The largest absolute Gasteiger partial charge is 0.504 e. The summed E-state index contributed by atoms with van der Waals surface area (Å²) < 4.78 is 0. The normalized spacial score (nSPS) is 10.2. The van der Waals surface area contributed by atoms with E-state index in [1.807, 2.05) is 12.1 Å². The summed E-state index contributed by atoms with van der Waals surface area (Å²) in [4.78, 5) is 24.0. The highest BCUT2D eigenvalue weighted by molar-refractivity contribution is 7.13. The third-order valence-electron chi connectivity index (χ3n) is 2.69. The number of aromatic nitrogens is 3. The van der Waals surface area contributed by atoms with Crippen LogP contribution in [0.15, 0.2) is 48.2 Å². The molecule has 3 heterocycles. The van der Waals surface area contributed by atoms with Gasteiger partial charge in [0, 0.05) is 29.5 Å². The molecular weight excluding hydrogens is 302 g/mol. The van der Waals surface area contributed by atoms with E-state index in [9.17, 15) is 9.90 Å². The minimum atomic E-state index is -0.527. The molecule has 0 aliphatic rings. The van der Waals surface area contributed by atoms with Crippen molar-refractivity contribution < 1.29 is 9.90 Å². The van der Waals surface area contributed by atoms with Crippen molar-refractivity contribution in [2.75, 3.05) is 10.6 Å². The van der Waals surface area contributed by atoms with Gasteiger partial charge in [-0.05, 0) is 24.3 Å². The second kappa shape index (κ2) is 6.19. The van der Waals surface area contributed by atoms with Gasteiger partial charge >= 0.3 is 6.03 Å². The van der Waals surface area contributed by atoms with Crippen molar-refractivity contribution in [1.29, 1.82) is 0 Å². The summed E-state index contributed by atoms with van der Waals surface area (Å²) in [6.07, 6.45) is 4.83. The molecule has 0 atom stereocenters. The van der Waals surface area contributed by atoms with Gasteiger partial charge in [0.25, 0.3) is 0 Å². The van der Waals surface area contributed by atoms with Gasteiger partial charge in [0.1, 0.15) is 10.8 Å². The zero-order valence-corrected chi connectivity index (χ0v) is 12.0. The highest BCUT2D eigenvalue weighted by atomic mass is 32.1. The number of anilines is 2. The molecule has 0 aromatic carbocycles. The molecule has 0 fully saturated rings. The van der Waals surface area contributed by atoms with Gasteiger partial charge in [-0.3, -0.25) is 15.6 Å². The molecular formula is C14H11N5O2S. The van der Waals surface area contributed by atoms with E-state index in [0.29, 0.717) is 5.82 Å². The second-order valence-electron chi connectivity index (χ2n) is 4.22. The van der Waals surface area contributed by atoms with Crippen LogP contribution in [0.5, 0.6) is 5.75 Å². The third kappa shape index (κ3) is 3.18. The molecule has 3 aromatic rings. The smallest absolute Gasteiger partial charge is 0.326 e. The Morgan fingerprint density at radius 3 is 2.73 bits per heavy atom. The molecule has 2 amide bonds. The fourth-order valence-electron chi connectivity index (χ4n) is 1.71. The summed E-state index contributed by atoms with van der Waals surface area (Å²) in [5.74, 6) is 0.405. The molecule has 0 saturated heterocycles. The molecule has 0 aliphatic carbocycles. The lowest BCUT2D eigenvalue weighted by atomic mass is 10.3. The fourth-order valence-corrected chi connectivity index (χ4v) is 2.46. The number of nitrogens with one attached hydrogen (secondary N) is 2. The molecule has 7 nitrogen and oxygen atoms in total. The van der Waals surface area contributed by atoms with E-state index >= 15 is 0 Å². The van der Waals surface area contributed by atoms with Gasteiger partial charge in [0.05, 0.1) is 0 Å². The maximum Gasteiger partial charge on any atom is 0.326 e. The van der Waals surface area contributed by atoms with Gasteiger partial charge in [0.15, 0.2) is 11.6 Å². The van der Waals surface area contributed by atoms with Crippen molar-refractivity contribution in [3.8, 4) is 16.3 Å². The topological polar surface area (TPSA) is 100 Å². The first-order valence-corrected chi connectivity index (χ1v) is 7.18. The standard InChI is InChI=1S/C14H11N5O2S/c20-10-2-1-5-16-12(10)19-14(21)18-11-8-22-13(17-11)9-3-6-15-7-4-9/h1-8,20H,(H2,16,18,19,21). The third-order valence-corrected chi connectivity index (χ3v) is 3.58. The molecule has 0 radical (unpaired) electrons. The number of carbonyl (C=O) groups excluding carboxylic acids is 1. The van der Waals surface area contributed by atoms with E-state index in [4.69, 9.17) is 0 Å². The first-order valence-electron chi connectivity index (χ1n) is 6.30. The van der Waals surface area contributed by atoms with E-state index in [-0.39, 0.29) is 11.6 Å². The van der Waals surface area contributed by atoms with Gasteiger partial charge in [-0.1, -0.05) is 0 Å². The van der Waals surface area contributed by atoms with Crippen molar-refractivity contribution >= 4 is 29.0 Å². The maximum absolute atomic E-state index is 11.9. The van der Waals surface area contributed by atoms with Crippen LogP contribution in [0.4, 0.5) is 16.4 Å². The lowest BCUT2D eigenvalue weighted by Gasteiger charge is -2.05. The second-order valence-corrected chi connectivity index (χ2v) is 5.08. The van der Waals surface area contributed by atoms with Gasteiger partial charge in [-0.15, -0.1) is 11.3 Å². The molecule has 0 bridgehead atoms. The maximum atomic E-state index is 11.9. The number of nitrogens with zero attached hydrogens (tertiary/aromatic N) is 3. The average molecular weight is 313 g/mol. The summed E-state index contributed by atoms with van der Waals surface area (Å²) in [6.45, 7) is 0. The van der Waals surface area contributed by atoms with E-state index in [0.717, 1.165) is 10.6 Å². The Labute approximate surface area is 129 Å². The number of hydrogen-bond acceptors (Lipinski definition) is 6. The van der Waals surface area contributed by atoms with Crippen LogP contribution in [-0.2, 0) is 0 Å². The van der Waals surface area contributed by atoms with Crippen LogP contribution < -0.4 is 10.6 Å². The van der Waals surface area contributed by atoms with Crippen LogP contribution >= 0.6 is 11.3 Å². The predicted molar refractivity (Wildman–Crippen MR) is 83.9 cm³/mol. The molecule has 110 valence electrons. The Hall–Kier alpha value is -3.00. The van der Waals surface area contributed by atoms with Crippen molar-refractivity contribution in [3.63, 3.8) is 0 Å². The first-order chi connectivity index (χ1) is 10.7. The Kier molecular flexibility index (Phi) is 3.92. The lowest BCUT2D eigenvalue weighted by Crippen LogP contribution is -2.20. The molecule has 8 heteroatoms. The average Bonchev–Trinajstić information content (AvgIpc) is 2.99. The molecule has 3 rings (SSSR count). The highest BCUT2D eigenvalue weighted by Crippen LogP contribution is 2.25. The van der Waals surface area contributed by atoms with Gasteiger partial charge in [0.2, 0.25) is 0 Å². The molecule has 3 N–H and O–H groups in total. The van der Waals surface area contributed by atoms with Crippen LogP contribution in [0, 0.1) is 0 Å². The summed E-state index contributed by atoms with van der Waals surface area (Å²) in [5.41, 5.74) is 0.927. The zero-order valence-electron chi connectivity index (χ0n) is 11.2. The number of amides is 2. The molecule has 22 heavy (non-hydrogen) atoms. The number of urea groups is 1. The number of carbonyl (C=O) groups is 1. The van der Waals surface area contributed by atoms with Gasteiger partial charge in [-0.2, -0.15) is 0 Å². The molecule has 0 unspecified atom stereocenters. The van der Waals surface area contributed by atoms with E-state index in [2.05, 4.69) is 25.6 Å². The van der Waals surface area contributed by atoms with Crippen molar-refractivity contribution in [3.05, 3.63) is 48.2 Å². The minimum absolute atomic E-state index is 0.0876. The van der Waals surface area contributed by atoms with Crippen LogP contribution in [-0.4, -0.2) is 26.1 Å². The molecule has 3 aromatic heterocycles. The molecule has 0 spiro atoms. The van der Waals surface area contributed by atoms with Crippen LogP contribution in [0.25, 0.3) is 10.6 Å². The van der Waals surface area contributed by atoms with Crippen molar-refractivity contribution in [2.45, 2.75) is 0 Å². The van der Waals surface area contributed by atoms with Crippen LogP contribution in [0.1, 0.15) is 0 Å². The van der Waals surface area contributed by atoms with Crippen LogP contribution in [0.3, 0.4) is 0 Å². The highest BCUT2D eigenvalue weighted by Gasteiger charge is 2.10. The molecule has 0 saturated carbocycles.